The summed E-state index contributed by atoms with van der Waals surface area (Å²) < 4.78 is 5.62. The van der Waals surface area contributed by atoms with Crippen LogP contribution in [0.3, 0.4) is 0 Å². The maximum absolute atomic E-state index is 12.9. The number of alkyl carbamates (subject to hydrolysis) is 1. The van der Waals surface area contributed by atoms with Gasteiger partial charge in [0.05, 0.1) is 5.92 Å². The predicted molar refractivity (Wildman–Crippen MR) is 128 cm³/mol. The number of carbonyl (C=O) groups excluding carboxylic acids is 2. The molecule has 180 valence electrons. The molecule has 0 radical (unpaired) electrons. The number of nitrogens with zero attached hydrogens (tertiary/aromatic N) is 1. The average molecular weight is 465 g/mol. The number of hydrogen-bond donors (Lipinski definition) is 2. The molecule has 34 heavy (non-hydrogen) atoms. The molecule has 1 heterocycles. The van der Waals surface area contributed by atoms with E-state index in [-0.39, 0.29) is 36.9 Å². The fourth-order valence-corrected chi connectivity index (χ4v) is 5.20. The predicted octanol–water partition coefficient (Wildman–Crippen LogP) is 4.41. The number of hydrogen-bond acceptors (Lipinski definition) is 4. The van der Waals surface area contributed by atoms with Crippen molar-refractivity contribution in [3.63, 3.8) is 0 Å². The molecule has 0 bridgehead atoms. The molecule has 2 aromatic carbocycles. The molecule has 1 aliphatic carbocycles. The second-order valence-electron chi connectivity index (χ2n) is 9.27. The molecule has 7 nitrogen and oxygen atoms in total. The lowest BCUT2D eigenvalue weighted by Gasteiger charge is -2.37. The Kier molecular flexibility index (Phi) is 7.20. The molecule has 3 atom stereocenters. The van der Waals surface area contributed by atoms with Crippen molar-refractivity contribution in [3.8, 4) is 11.1 Å². The third-order valence-corrected chi connectivity index (χ3v) is 7.13. The highest BCUT2D eigenvalue weighted by atomic mass is 16.5. The van der Waals surface area contributed by atoms with E-state index in [0.717, 1.165) is 11.1 Å². The summed E-state index contributed by atoms with van der Waals surface area (Å²) >= 11 is 0. The summed E-state index contributed by atoms with van der Waals surface area (Å²) in [6, 6.07) is 15.9. The van der Waals surface area contributed by atoms with Crippen molar-refractivity contribution in [3.05, 3.63) is 59.7 Å². The summed E-state index contributed by atoms with van der Waals surface area (Å²) in [5.41, 5.74) is 4.64. The van der Waals surface area contributed by atoms with E-state index in [0.29, 0.717) is 25.8 Å². The first-order chi connectivity index (χ1) is 16.4. The Morgan fingerprint density at radius 3 is 2.26 bits per heavy atom. The van der Waals surface area contributed by atoms with Gasteiger partial charge in [-0.25, -0.2) is 4.79 Å². The zero-order valence-corrected chi connectivity index (χ0v) is 19.7. The van der Waals surface area contributed by atoms with Gasteiger partial charge in [0, 0.05) is 31.0 Å². The fraction of sp³-hybridized carbons (Fsp3) is 0.444. The summed E-state index contributed by atoms with van der Waals surface area (Å²) in [6.07, 6.45) is 1.15. The van der Waals surface area contributed by atoms with E-state index in [1.54, 1.807) is 4.90 Å². The Hall–Kier alpha value is -3.35. The maximum Gasteiger partial charge on any atom is 0.407 e. The maximum atomic E-state index is 12.9. The highest BCUT2D eigenvalue weighted by Gasteiger charge is 2.33. The van der Waals surface area contributed by atoms with Crippen LogP contribution in [0.25, 0.3) is 11.1 Å². The van der Waals surface area contributed by atoms with Crippen LogP contribution in [0, 0.1) is 5.92 Å². The molecule has 0 saturated carbocycles. The summed E-state index contributed by atoms with van der Waals surface area (Å²) in [4.78, 5) is 38.5. The number of benzene rings is 2. The van der Waals surface area contributed by atoms with Crippen molar-refractivity contribution in [2.24, 2.45) is 5.92 Å². The zero-order valence-electron chi connectivity index (χ0n) is 19.7. The number of fused-ring (bicyclic) bond motifs is 3. The van der Waals surface area contributed by atoms with Gasteiger partial charge in [-0.1, -0.05) is 55.5 Å². The molecule has 2 aromatic rings. The van der Waals surface area contributed by atoms with Gasteiger partial charge in [0.25, 0.3) is 0 Å². The topological polar surface area (TPSA) is 95.9 Å². The van der Waals surface area contributed by atoms with E-state index in [2.05, 4.69) is 29.6 Å². The van der Waals surface area contributed by atoms with Crippen LogP contribution < -0.4 is 5.32 Å². The van der Waals surface area contributed by atoms with Crippen LogP contribution in [0.4, 0.5) is 4.79 Å². The number of likely N-dealkylation sites (tertiary alicyclic amines) is 1. The number of carboxylic acid groups (broad SMARTS) is 1. The Morgan fingerprint density at radius 1 is 1.09 bits per heavy atom. The number of amides is 2. The minimum Gasteiger partial charge on any atom is -0.481 e. The molecule has 2 N–H and O–H groups in total. The normalized spacial score (nSPS) is 20.2. The Balaban J connectivity index is 1.32. The number of nitrogens with one attached hydrogen (secondary N) is 1. The third-order valence-electron chi connectivity index (χ3n) is 7.13. The molecule has 1 saturated heterocycles. The lowest BCUT2D eigenvalue weighted by Crippen LogP contribution is -2.48. The van der Waals surface area contributed by atoms with Gasteiger partial charge >= 0.3 is 12.1 Å². The number of aliphatic carboxylic acids is 1. The van der Waals surface area contributed by atoms with Crippen LogP contribution in [0.1, 0.15) is 56.6 Å². The minimum atomic E-state index is -0.803. The van der Waals surface area contributed by atoms with Gasteiger partial charge in [0.15, 0.2) is 0 Å². The van der Waals surface area contributed by atoms with Crippen LogP contribution >= 0.6 is 0 Å². The number of carbonyl (C=O) groups is 3. The van der Waals surface area contributed by atoms with E-state index in [9.17, 15) is 19.5 Å². The van der Waals surface area contributed by atoms with Crippen LogP contribution in [-0.2, 0) is 14.3 Å². The largest absolute Gasteiger partial charge is 0.481 e. The summed E-state index contributed by atoms with van der Waals surface area (Å²) in [7, 11) is 0. The molecule has 2 unspecified atom stereocenters. The molecule has 1 fully saturated rings. The van der Waals surface area contributed by atoms with E-state index < -0.39 is 18.0 Å². The number of ether oxygens (including phenoxy) is 1. The van der Waals surface area contributed by atoms with Crippen LogP contribution in [0.5, 0.6) is 0 Å². The van der Waals surface area contributed by atoms with Crippen LogP contribution in [0.15, 0.2) is 48.5 Å². The minimum absolute atomic E-state index is 0.0174. The monoisotopic (exact) mass is 464 g/mol. The van der Waals surface area contributed by atoms with Crippen molar-refractivity contribution in [1.29, 1.82) is 0 Å². The molecular formula is C27H32N2O5. The molecule has 7 heteroatoms. The molecule has 1 aliphatic heterocycles. The summed E-state index contributed by atoms with van der Waals surface area (Å²) in [6.45, 7) is 4.46. The molecule has 0 aromatic heterocycles. The SMILES string of the molecule is CC[C@@H](CC(=O)N1CCC(C(=O)O)CC1C)NC(=O)OCC1c2ccccc2-c2ccccc21. The number of piperidine rings is 1. The first kappa shape index (κ1) is 23.8. The first-order valence-electron chi connectivity index (χ1n) is 12.0. The second kappa shape index (κ2) is 10.3. The van der Waals surface area contributed by atoms with E-state index in [4.69, 9.17) is 4.74 Å². The van der Waals surface area contributed by atoms with Crippen LogP contribution in [0.2, 0.25) is 0 Å². The van der Waals surface area contributed by atoms with Crippen LogP contribution in [-0.4, -0.2) is 53.2 Å². The smallest absolute Gasteiger partial charge is 0.407 e. The quantitative estimate of drug-likeness (QED) is 0.633. The van der Waals surface area contributed by atoms with Gasteiger partial charge in [0.1, 0.15) is 6.61 Å². The van der Waals surface area contributed by atoms with E-state index in [1.165, 1.54) is 11.1 Å². The standard InChI is InChI=1S/C27H32N2O5/c1-3-19(15-25(30)29-13-12-18(26(31)32)14-17(29)2)28-27(33)34-16-24-22-10-6-4-8-20(22)21-9-5-7-11-23(21)24/h4-11,17-19,24H,3,12-16H2,1-2H3,(H,28,33)(H,31,32)/t17?,18?,19-/m0/s1. The average Bonchev–Trinajstić information content (AvgIpc) is 3.15. The van der Waals surface area contributed by atoms with Crippen molar-refractivity contribution >= 4 is 18.0 Å². The van der Waals surface area contributed by atoms with E-state index >= 15 is 0 Å². The van der Waals surface area contributed by atoms with Gasteiger partial charge in [-0.05, 0) is 48.4 Å². The third kappa shape index (κ3) is 4.93. The van der Waals surface area contributed by atoms with Crippen molar-refractivity contribution < 1.29 is 24.2 Å². The molecular weight excluding hydrogens is 432 g/mol. The van der Waals surface area contributed by atoms with Gasteiger partial charge in [0.2, 0.25) is 5.91 Å². The summed E-state index contributed by atoms with van der Waals surface area (Å²) in [5, 5.41) is 12.1. The lowest BCUT2D eigenvalue weighted by atomic mass is 9.91. The number of rotatable bonds is 7. The fourth-order valence-electron chi connectivity index (χ4n) is 5.20. The Bertz CT molecular complexity index is 1020. The van der Waals surface area contributed by atoms with Crippen molar-refractivity contribution in [2.75, 3.05) is 13.2 Å². The highest BCUT2D eigenvalue weighted by Crippen LogP contribution is 2.44. The molecule has 2 amide bonds. The molecule has 0 spiro atoms. The number of carboxylic acids is 1. The lowest BCUT2D eigenvalue weighted by molar-refractivity contribution is -0.147. The Morgan fingerprint density at radius 2 is 1.71 bits per heavy atom. The molecule has 2 aliphatic rings. The molecule has 4 rings (SSSR count). The Labute approximate surface area is 200 Å². The van der Waals surface area contributed by atoms with Crippen molar-refractivity contribution in [1.82, 2.24) is 10.2 Å². The van der Waals surface area contributed by atoms with Crippen molar-refractivity contribution in [2.45, 2.75) is 57.5 Å². The summed E-state index contributed by atoms with van der Waals surface area (Å²) in [5.74, 6) is -1.29. The van der Waals surface area contributed by atoms with Gasteiger partial charge in [-0.3, -0.25) is 9.59 Å². The van der Waals surface area contributed by atoms with E-state index in [1.807, 2.05) is 38.1 Å². The first-order valence-corrected chi connectivity index (χ1v) is 12.0. The van der Waals surface area contributed by atoms with Gasteiger partial charge in [-0.15, -0.1) is 0 Å². The van der Waals surface area contributed by atoms with Gasteiger partial charge in [-0.2, -0.15) is 0 Å². The highest BCUT2D eigenvalue weighted by molar-refractivity contribution is 5.80. The second-order valence-corrected chi connectivity index (χ2v) is 9.27. The zero-order chi connectivity index (χ0) is 24.2. The van der Waals surface area contributed by atoms with Gasteiger partial charge < -0.3 is 20.1 Å².